The van der Waals surface area contributed by atoms with Crippen LogP contribution < -0.4 is 0 Å². The van der Waals surface area contributed by atoms with E-state index in [9.17, 15) is 0 Å². The molecule has 0 atom stereocenters. The molecule has 15 rings (SSSR count). The molecule has 8 aromatic carbocycles. The second-order valence-corrected chi connectivity index (χ2v) is 19.1. The molecule has 0 bridgehead atoms. The molecule has 3 aliphatic rings. The first-order valence-corrected chi connectivity index (χ1v) is 22.9. The standard InChI is InChI=1S/C58H32O2S2/c1-7-19-43-35(13-1)36-14-2-8-20-44(36)57(43)47-31-53(33-25-27-41-39-17-5-11-23-49(39)59-51(41)29-33)62-56(47)58(45-21-9-3-15-37(45)38-16-4-10-22-46(38)58)48-32-54(61-55(48)57)34-26-28-42-40-18-6-12-24-50(40)60-52(42)30-34/h1-32H. The largest absolute Gasteiger partial charge is 0.456 e. The Bertz CT molecular complexity index is 3510. The average molecular weight is 825 g/mol. The summed E-state index contributed by atoms with van der Waals surface area (Å²) in [5, 5.41) is 4.59. The molecule has 0 saturated carbocycles. The number of rotatable bonds is 2. The van der Waals surface area contributed by atoms with E-state index >= 15 is 0 Å². The summed E-state index contributed by atoms with van der Waals surface area (Å²) in [4.78, 5) is 5.24. The topological polar surface area (TPSA) is 26.3 Å². The van der Waals surface area contributed by atoms with Crippen molar-refractivity contribution >= 4 is 66.6 Å². The molecule has 0 N–H and O–H groups in total. The van der Waals surface area contributed by atoms with Gasteiger partial charge in [-0.15, -0.1) is 22.7 Å². The summed E-state index contributed by atoms with van der Waals surface area (Å²) < 4.78 is 13.1. The highest BCUT2D eigenvalue weighted by Gasteiger charge is 2.61. The molecule has 0 saturated heterocycles. The Morgan fingerprint density at radius 3 is 1.03 bits per heavy atom. The maximum absolute atomic E-state index is 6.53. The minimum absolute atomic E-state index is 0.555. The first kappa shape index (κ1) is 33.5. The van der Waals surface area contributed by atoms with E-state index in [2.05, 4.69) is 182 Å². The van der Waals surface area contributed by atoms with Crippen molar-refractivity contribution in [2.75, 3.05) is 0 Å². The van der Waals surface area contributed by atoms with Crippen LogP contribution in [-0.4, -0.2) is 0 Å². The van der Waals surface area contributed by atoms with E-state index in [1.807, 2.05) is 34.8 Å². The van der Waals surface area contributed by atoms with Gasteiger partial charge in [0.05, 0.1) is 10.8 Å². The van der Waals surface area contributed by atoms with Crippen LogP contribution in [0.1, 0.15) is 43.1 Å². The van der Waals surface area contributed by atoms with Crippen molar-refractivity contribution in [3.05, 3.63) is 237 Å². The van der Waals surface area contributed by atoms with E-state index < -0.39 is 10.8 Å². The lowest BCUT2D eigenvalue weighted by Crippen LogP contribution is -2.41. The number of hydrogen-bond acceptors (Lipinski definition) is 4. The third-order valence-corrected chi connectivity index (χ3v) is 16.8. The summed E-state index contributed by atoms with van der Waals surface area (Å²) in [5.74, 6) is 0. The summed E-state index contributed by atoms with van der Waals surface area (Å²) in [5.41, 5.74) is 18.2. The van der Waals surface area contributed by atoms with Gasteiger partial charge in [-0.05, 0) is 115 Å². The van der Waals surface area contributed by atoms with Gasteiger partial charge >= 0.3 is 0 Å². The van der Waals surface area contributed by atoms with Crippen LogP contribution in [0.5, 0.6) is 0 Å². The van der Waals surface area contributed by atoms with Crippen molar-refractivity contribution in [2.24, 2.45) is 0 Å². The normalized spacial score (nSPS) is 14.7. The van der Waals surface area contributed by atoms with Gasteiger partial charge in [0.2, 0.25) is 0 Å². The Labute approximate surface area is 364 Å². The molecule has 0 fully saturated rings. The third-order valence-electron chi connectivity index (χ3n) is 14.2. The maximum atomic E-state index is 6.53. The van der Waals surface area contributed by atoms with Crippen molar-refractivity contribution < 1.29 is 8.83 Å². The summed E-state index contributed by atoms with van der Waals surface area (Å²) in [6.07, 6.45) is 0. The number of hydrogen-bond donors (Lipinski definition) is 0. The van der Waals surface area contributed by atoms with Crippen molar-refractivity contribution in [1.29, 1.82) is 0 Å². The van der Waals surface area contributed by atoms with Gasteiger partial charge in [0, 0.05) is 41.1 Å². The predicted molar refractivity (Wildman–Crippen MR) is 256 cm³/mol. The molecule has 0 amide bonds. The fraction of sp³-hybridized carbons (Fsp3) is 0.0345. The Morgan fingerprint density at radius 2 is 0.629 bits per heavy atom. The van der Waals surface area contributed by atoms with Gasteiger partial charge < -0.3 is 8.83 Å². The zero-order chi connectivity index (χ0) is 40.3. The summed E-state index contributed by atoms with van der Waals surface area (Å²) >= 11 is 3.92. The lowest BCUT2D eigenvalue weighted by molar-refractivity contribution is 0.662. The Kier molecular flexibility index (Phi) is 6.35. The highest BCUT2D eigenvalue weighted by Crippen LogP contribution is 2.71. The molecule has 0 radical (unpaired) electrons. The zero-order valence-corrected chi connectivity index (χ0v) is 34.7. The lowest BCUT2D eigenvalue weighted by Gasteiger charge is -2.45. The van der Waals surface area contributed by atoms with E-state index in [0.29, 0.717) is 0 Å². The fourth-order valence-electron chi connectivity index (χ4n) is 11.7. The molecule has 4 heteroatoms. The van der Waals surface area contributed by atoms with Crippen LogP contribution in [0.2, 0.25) is 0 Å². The molecule has 0 aliphatic heterocycles. The fourth-order valence-corrected chi connectivity index (χ4v) is 14.6. The molecule has 4 heterocycles. The van der Waals surface area contributed by atoms with Crippen LogP contribution in [0.25, 0.3) is 87.0 Å². The van der Waals surface area contributed by atoms with Gasteiger partial charge in [0.15, 0.2) is 0 Å². The van der Waals surface area contributed by atoms with Crippen molar-refractivity contribution in [3.63, 3.8) is 0 Å². The van der Waals surface area contributed by atoms with E-state index in [-0.39, 0.29) is 0 Å². The van der Waals surface area contributed by atoms with Gasteiger partial charge in [-0.1, -0.05) is 146 Å². The summed E-state index contributed by atoms with van der Waals surface area (Å²) in [6.45, 7) is 0. The second kappa shape index (κ2) is 11.8. The van der Waals surface area contributed by atoms with Crippen molar-refractivity contribution in [1.82, 2.24) is 0 Å². The van der Waals surface area contributed by atoms with Crippen LogP contribution in [-0.2, 0) is 10.8 Å². The molecule has 4 aromatic heterocycles. The van der Waals surface area contributed by atoms with Crippen LogP contribution in [0.3, 0.4) is 0 Å². The molecule has 2 nitrogen and oxygen atoms in total. The smallest absolute Gasteiger partial charge is 0.136 e. The van der Waals surface area contributed by atoms with Crippen LogP contribution in [0.4, 0.5) is 0 Å². The minimum atomic E-state index is -0.555. The minimum Gasteiger partial charge on any atom is -0.456 e. The van der Waals surface area contributed by atoms with Crippen LogP contribution >= 0.6 is 22.7 Å². The number of para-hydroxylation sites is 2. The molecule has 62 heavy (non-hydrogen) atoms. The molecule has 3 aliphatic carbocycles. The van der Waals surface area contributed by atoms with Crippen LogP contribution in [0.15, 0.2) is 203 Å². The molecule has 0 unspecified atom stereocenters. The quantitative estimate of drug-likeness (QED) is 0.174. The summed E-state index contributed by atoms with van der Waals surface area (Å²) in [7, 11) is 0. The third kappa shape index (κ3) is 3.97. The van der Waals surface area contributed by atoms with Gasteiger partial charge in [-0.2, -0.15) is 0 Å². The number of furan rings is 2. The van der Waals surface area contributed by atoms with E-state index in [1.165, 1.54) is 86.3 Å². The first-order chi connectivity index (χ1) is 30.7. The van der Waals surface area contributed by atoms with Crippen LogP contribution in [0, 0.1) is 0 Å². The first-order valence-electron chi connectivity index (χ1n) is 21.2. The molecular weight excluding hydrogens is 793 g/mol. The Balaban J connectivity index is 1.09. The number of thiophene rings is 2. The van der Waals surface area contributed by atoms with Crippen molar-refractivity contribution in [2.45, 2.75) is 10.8 Å². The second-order valence-electron chi connectivity index (χ2n) is 17.0. The van der Waals surface area contributed by atoms with Gasteiger partial charge in [0.25, 0.3) is 0 Å². The number of benzene rings is 8. The Hall–Kier alpha value is -7.24. The number of fused-ring (bicyclic) bond motifs is 22. The Morgan fingerprint density at radius 1 is 0.290 bits per heavy atom. The highest BCUT2D eigenvalue weighted by atomic mass is 32.1. The maximum Gasteiger partial charge on any atom is 0.136 e. The van der Waals surface area contributed by atoms with E-state index in [4.69, 9.17) is 8.83 Å². The molecule has 2 spiro atoms. The van der Waals surface area contributed by atoms with E-state index in [0.717, 1.165) is 43.9 Å². The summed E-state index contributed by atoms with van der Waals surface area (Å²) in [6, 6.07) is 72.2. The van der Waals surface area contributed by atoms with Gasteiger partial charge in [-0.25, -0.2) is 0 Å². The van der Waals surface area contributed by atoms with Gasteiger partial charge in [-0.3, -0.25) is 0 Å². The molecule has 12 aromatic rings. The highest BCUT2D eigenvalue weighted by molar-refractivity contribution is 7.17. The molecular formula is C58H32O2S2. The van der Waals surface area contributed by atoms with Crippen molar-refractivity contribution in [3.8, 4) is 43.1 Å². The monoisotopic (exact) mass is 824 g/mol. The average Bonchev–Trinajstić information content (AvgIpc) is 4.19. The SMILES string of the molecule is c1ccc2c(c1)-c1ccccc1C21c2cc(-c3ccc4c(c3)oc3ccccc34)sc2C2(c3ccccc3-c3ccccc32)c2cc(-c3ccc4c(c3)oc3ccccc34)sc21. The van der Waals surface area contributed by atoms with Gasteiger partial charge in [0.1, 0.15) is 22.3 Å². The zero-order valence-electron chi connectivity index (χ0n) is 33.1. The predicted octanol–water partition coefficient (Wildman–Crippen LogP) is 16.0. The lowest BCUT2D eigenvalue weighted by atomic mass is 9.58. The van der Waals surface area contributed by atoms with E-state index in [1.54, 1.807) is 0 Å². The molecule has 288 valence electrons.